The summed E-state index contributed by atoms with van der Waals surface area (Å²) in [5.74, 6) is 1.27. The average molecular weight is 311 g/mol. The molecule has 2 aliphatic carbocycles. The second-order valence-corrected chi connectivity index (χ2v) is 8.18. The molecule has 0 aromatic rings. The van der Waals surface area contributed by atoms with E-state index in [0.717, 1.165) is 12.8 Å². The van der Waals surface area contributed by atoms with Crippen LogP contribution in [0, 0.1) is 17.3 Å². The van der Waals surface area contributed by atoms with Crippen LogP contribution in [0.2, 0.25) is 0 Å². The lowest BCUT2D eigenvalue weighted by molar-refractivity contribution is -0.178. The minimum absolute atomic E-state index is 0.0415. The zero-order valence-electron chi connectivity index (χ0n) is 15.5. The molecule has 0 spiro atoms. The zero-order chi connectivity index (χ0) is 16.4. The van der Waals surface area contributed by atoms with Crippen LogP contribution in [0.3, 0.4) is 0 Å². The first-order valence-electron chi connectivity index (χ1n) is 9.77. The third kappa shape index (κ3) is 3.11. The molecule has 2 aliphatic rings. The highest BCUT2D eigenvalue weighted by Gasteiger charge is 2.53. The van der Waals surface area contributed by atoms with Gasteiger partial charge < -0.3 is 9.84 Å². The summed E-state index contributed by atoms with van der Waals surface area (Å²) in [4.78, 5) is 0. The fourth-order valence-corrected chi connectivity index (χ4v) is 5.60. The lowest BCUT2D eigenvalue weighted by Gasteiger charge is -2.48. The summed E-state index contributed by atoms with van der Waals surface area (Å²) >= 11 is 0. The van der Waals surface area contributed by atoms with Crippen LogP contribution < -0.4 is 0 Å². The van der Waals surface area contributed by atoms with Crippen LogP contribution in [0.5, 0.6) is 0 Å². The molecule has 3 unspecified atom stereocenters. The van der Waals surface area contributed by atoms with E-state index >= 15 is 0 Å². The molecule has 0 amide bonds. The predicted molar refractivity (Wildman–Crippen MR) is 92.9 cm³/mol. The zero-order valence-corrected chi connectivity index (χ0v) is 15.5. The van der Waals surface area contributed by atoms with Crippen molar-refractivity contribution >= 4 is 0 Å². The molecule has 5 atom stereocenters. The Balaban J connectivity index is 2.22. The molecule has 1 N–H and O–H groups in total. The number of hydrogen-bond donors (Lipinski definition) is 1. The maximum atomic E-state index is 10.7. The standard InChI is InChI=1S/C20H38O2/c1-6-15(3)18-11-10-14-20(18,16(4)21)17(5)22-19(7-2)12-8-9-13-19/h15-18,21H,6-14H2,1-5H3/t15-,16?,17-,18?,20?/m0/s1. The van der Waals surface area contributed by atoms with E-state index in [4.69, 9.17) is 4.74 Å². The van der Waals surface area contributed by atoms with Gasteiger partial charge in [-0.25, -0.2) is 0 Å². The fraction of sp³-hybridized carbons (Fsp3) is 1.00. The third-order valence-electron chi connectivity index (χ3n) is 7.27. The van der Waals surface area contributed by atoms with E-state index in [-0.39, 0.29) is 23.2 Å². The molecule has 2 nitrogen and oxygen atoms in total. The molecular formula is C20H38O2. The lowest BCUT2D eigenvalue weighted by Crippen LogP contribution is -2.51. The van der Waals surface area contributed by atoms with Gasteiger partial charge in [0.1, 0.15) is 0 Å². The molecule has 0 saturated heterocycles. The highest BCUT2D eigenvalue weighted by atomic mass is 16.5. The van der Waals surface area contributed by atoms with E-state index in [1.54, 1.807) is 0 Å². The van der Waals surface area contributed by atoms with Crippen molar-refractivity contribution in [3.05, 3.63) is 0 Å². The molecule has 0 heterocycles. The molecule has 0 aromatic carbocycles. The first kappa shape index (κ1) is 18.3. The van der Waals surface area contributed by atoms with Crippen LogP contribution in [0.4, 0.5) is 0 Å². The Hall–Kier alpha value is -0.0800. The molecule has 2 fully saturated rings. The van der Waals surface area contributed by atoms with Crippen molar-refractivity contribution in [2.45, 2.75) is 110 Å². The van der Waals surface area contributed by atoms with Gasteiger partial charge in [-0.15, -0.1) is 0 Å². The summed E-state index contributed by atoms with van der Waals surface area (Å²) in [7, 11) is 0. The minimum atomic E-state index is -0.278. The summed E-state index contributed by atoms with van der Waals surface area (Å²) in [6.45, 7) is 11.2. The van der Waals surface area contributed by atoms with Gasteiger partial charge in [0, 0.05) is 5.41 Å². The Kier molecular flexibility index (Phi) is 5.99. The largest absolute Gasteiger partial charge is 0.393 e. The maximum Gasteiger partial charge on any atom is 0.0683 e. The van der Waals surface area contributed by atoms with E-state index in [1.807, 2.05) is 6.92 Å². The molecule has 2 heteroatoms. The summed E-state index contributed by atoms with van der Waals surface area (Å²) in [6, 6.07) is 0. The quantitative estimate of drug-likeness (QED) is 0.689. The van der Waals surface area contributed by atoms with Crippen LogP contribution in [0.15, 0.2) is 0 Å². The first-order chi connectivity index (χ1) is 10.4. The summed E-state index contributed by atoms with van der Waals surface area (Å²) in [5.41, 5.74) is 0.0457. The first-order valence-corrected chi connectivity index (χ1v) is 9.77. The maximum absolute atomic E-state index is 10.7. The minimum Gasteiger partial charge on any atom is -0.393 e. The van der Waals surface area contributed by atoms with Gasteiger partial charge in [-0.2, -0.15) is 0 Å². The molecule has 0 aromatic heterocycles. The molecule has 130 valence electrons. The van der Waals surface area contributed by atoms with E-state index in [1.165, 1.54) is 44.9 Å². The Morgan fingerprint density at radius 3 is 2.18 bits per heavy atom. The van der Waals surface area contributed by atoms with E-state index < -0.39 is 0 Å². The number of ether oxygens (including phenoxy) is 1. The number of aliphatic hydroxyl groups excluding tert-OH is 1. The average Bonchev–Trinajstić information content (AvgIpc) is 3.14. The molecule has 2 saturated carbocycles. The predicted octanol–water partition coefficient (Wildman–Crippen LogP) is 5.33. The molecular weight excluding hydrogens is 272 g/mol. The SMILES string of the molecule is CC[C@H](C)C1CCCC1(C(C)O)[C@H](C)OC1(CC)CCCC1. The lowest BCUT2D eigenvalue weighted by atomic mass is 9.65. The van der Waals surface area contributed by atoms with E-state index in [9.17, 15) is 5.11 Å². The number of rotatable bonds is 7. The van der Waals surface area contributed by atoms with Crippen molar-refractivity contribution in [2.75, 3.05) is 0 Å². The molecule has 0 aliphatic heterocycles. The third-order valence-corrected chi connectivity index (χ3v) is 7.27. The highest BCUT2D eigenvalue weighted by molar-refractivity contribution is 5.02. The molecule has 0 radical (unpaired) electrons. The Labute approximate surface area is 138 Å². The molecule has 2 rings (SSSR count). The Morgan fingerprint density at radius 2 is 1.68 bits per heavy atom. The monoisotopic (exact) mass is 310 g/mol. The van der Waals surface area contributed by atoms with Crippen LogP contribution in [-0.4, -0.2) is 22.9 Å². The van der Waals surface area contributed by atoms with Gasteiger partial charge in [0.05, 0.1) is 17.8 Å². The summed E-state index contributed by atoms with van der Waals surface area (Å²) < 4.78 is 6.76. The van der Waals surface area contributed by atoms with Crippen molar-refractivity contribution in [1.82, 2.24) is 0 Å². The molecule has 22 heavy (non-hydrogen) atoms. The van der Waals surface area contributed by atoms with Crippen molar-refractivity contribution in [3.8, 4) is 0 Å². The second kappa shape index (κ2) is 7.21. The molecule has 0 bridgehead atoms. The number of aliphatic hydroxyl groups is 1. The number of hydrogen-bond acceptors (Lipinski definition) is 2. The summed E-state index contributed by atoms with van der Waals surface area (Å²) in [5, 5.41) is 10.7. The van der Waals surface area contributed by atoms with Crippen LogP contribution in [0.25, 0.3) is 0 Å². The van der Waals surface area contributed by atoms with E-state index in [2.05, 4.69) is 27.7 Å². The van der Waals surface area contributed by atoms with Crippen molar-refractivity contribution < 1.29 is 9.84 Å². The fourth-order valence-electron chi connectivity index (χ4n) is 5.60. The van der Waals surface area contributed by atoms with Crippen molar-refractivity contribution in [2.24, 2.45) is 17.3 Å². The van der Waals surface area contributed by atoms with Crippen LogP contribution in [-0.2, 0) is 4.74 Å². The Morgan fingerprint density at radius 1 is 1.05 bits per heavy atom. The topological polar surface area (TPSA) is 29.5 Å². The summed E-state index contributed by atoms with van der Waals surface area (Å²) in [6.07, 6.45) is 10.8. The van der Waals surface area contributed by atoms with Crippen molar-refractivity contribution in [3.63, 3.8) is 0 Å². The van der Waals surface area contributed by atoms with Crippen LogP contribution >= 0.6 is 0 Å². The van der Waals surface area contributed by atoms with Gasteiger partial charge in [-0.3, -0.25) is 0 Å². The second-order valence-electron chi connectivity index (χ2n) is 8.18. The van der Waals surface area contributed by atoms with Gasteiger partial charge >= 0.3 is 0 Å². The highest BCUT2D eigenvalue weighted by Crippen LogP contribution is 2.54. The van der Waals surface area contributed by atoms with E-state index in [0.29, 0.717) is 11.8 Å². The van der Waals surface area contributed by atoms with Gasteiger partial charge in [0.25, 0.3) is 0 Å². The van der Waals surface area contributed by atoms with Crippen LogP contribution in [0.1, 0.15) is 92.4 Å². The Bertz CT molecular complexity index is 346. The van der Waals surface area contributed by atoms with Gasteiger partial charge in [-0.05, 0) is 57.8 Å². The van der Waals surface area contributed by atoms with Crippen molar-refractivity contribution in [1.29, 1.82) is 0 Å². The smallest absolute Gasteiger partial charge is 0.0683 e. The normalized spacial score (nSPS) is 35.5. The van der Waals surface area contributed by atoms with Gasteiger partial charge in [-0.1, -0.05) is 46.5 Å². The van der Waals surface area contributed by atoms with Gasteiger partial charge in [0.15, 0.2) is 0 Å². The van der Waals surface area contributed by atoms with Gasteiger partial charge in [0.2, 0.25) is 0 Å².